The summed E-state index contributed by atoms with van der Waals surface area (Å²) in [5.74, 6) is -10.4. The molecule has 140 valence electrons. The van der Waals surface area contributed by atoms with E-state index in [1.54, 1.807) is 0 Å². The predicted molar refractivity (Wildman–Crippen MR) is 81.8 cm³/mol. The summed E-state index contributed by atoms with van der Waals surface area (Å²) in [6, 6.07) is 5.96. The van der Waals surface area contributed by atoms with E-state index in [9.17, 15) is 30.8 Å². The zero-order chi connectivity index (χ0) is 19.6. The second-order valence-electron chi connectivity index (χ2n) is 5.00. The molecule has 0 fully saturated rings. The van der Waals surface area contributed by atoms with Crippen LogP contribution in [0.25, 0.3) is 0 Å². The Hall–Kier alpha value is -2.66. The van der Waals surface area contributed by atoms with E-state index in [2.05, 4.69) is 0 Å². The van der Waals surface area contributed by atoms with Gasteiger partial charge in [0.25, 0.3) is 5.91 Å². The SMILES string of the molecule is COc1ccc(CNS(=O)(=O)c2c(F)c(F)c(F)c(F)c2C(N)=O)cc1. The number of nitrogens with one attached hydrogen (secondary N) is 1. The summed E-state index contributed by atoms with van der Waals surface area (Å²) < 4.78 is 85.7. The highest BCUT2D eigenvalue weighted by Crippen LogP contribution is 2.28. The Morgan fingerprint density at radius 3 is 2.08 bits per heavy atom. The van der Waals surface area contributed by atoms with Gasteiger partial charge in [-0.2, -0.15) is 0 Å². The molecule has 0 saturated carbocycles. The molecule has 1 amide bonds. The highest BCUT2D eigenvalue weighted by Gasteiger charge is 2.35. The zero-order valence-electron chi connectivity index (χ0n) is 13.1. The maximum atomic E-state index is 14.0. The lowest BCUT2D eigenvalue weighted by atomic mass is 10.1. The van der Waals surface area contributed by atoms with Gasteiger partial charge in [-0.05, 0) is 17.7 Å². The minimum atomic E-state index is -4.95. The van der Waals surface area contributed by atoms with Crippen molar-refractivity contribution in [2.24, 2.45) is 5.73 Å². The quantitative estimate of drug-likeness (QED) is 0.445. The number of carbonyl (C=O) groups is 1. The van der Waals surface area contributed by atoms with Crippen LogP contribution >= 0.6 is 0 Å². The minimum absolute atomic E-state index is 0.387. The molecule has 26 heavy (non-hydrogen) atoms. The number of sulfonamides is 1. The number of benzene rings is 2. The molecule has 0 saturated heterocycles. The molecule has 0 spiro atoms. The first-order valence-corrected chi connectivity index (χ1v) is 8.36. The molecular weight excluding hydrogens is 380 g/mol. The second-order valence-corrected chi connectivity index (χ2v) is 6.70. The number of methoxy groups -OCH3 is 1. The van der Waals surface area contributed by atoms with Crippen molar-refractivity contribution in [3.05, 3.63) is 58.7 Å². The molecule has 0 heterocycles. The predicted octanol–water partition coefficient (Wildman–Crippen LogP) is 1.83. The van der Waals surface area contributed by atoms with Gasteiger partial charge in [0, 0.05) is 6.54 Å². The Bertz CT molecular complexity index is 963. The van der Waals surface area contributed by atoms with Crippen LogP contribution in [0.15, 0.2) is 29.2 Å². The van der Waals surface area contributed by atoms with Gasteiger partial charge in [-0.15, -0.1) is 0 Å². The molecule has 0 aliphatic rings. The summed E-state index contributed by atoms with van der Waals surface area (Å²) >= 11 is 0. The van der Waals surface area contributed by atoms with Gasteiger partial charge in [-0.25, -0.2) is 30.7 Å². The van der Waals surface area contributed by atoms with Crippen LogP contribution in [0.2, 0.25) is 0 Å². The molecular formula is C15H12F4N2O4S. The Balaban J connectivity index is 2.46. The van der Waals surface area contributed by atoms with Crippen molar-refractivity contribution in [3.63, 3.8) is 0 Å². The molecule has 0 radical (unpaired) electrons. The molecule has 0 aliphatic carbocycles. The van der Waals surface area contributed by atoms with Crippen LogP contribution in [0.4, 0.5) is 17.6 Å². The molecule has 0 aromatic heterocycles. The number of rotatable bonds is 6. The summed E-state index contributed by atoms with van der Waals surface area (Å²) in [4.78, 5) is 9.57. The second kappa shape index (κ2) is 7.30. The van der Waals surface area contributed by atoms with Gasteiger partial charge in [-0.1, -0.05) is 12.1 Å². The van der Waals surface area contributed by atoms with Crippen LogP contribution in [0.1, 0.15) is 15.9 Å². The van der Waals surface area contributed by atoms with Crippen LogP contribution in [0, 0.1) is 23.3 Å². The Morgan fingerprint density at radius 2 is 1.58 bits per heavy atom. The summed E-state index contributed by atoms with van der Waals surface area (Å²) in [7, 11) is -3.53. The van der Waals surface area contributed by atoms with E-state index in [1.165, 1.54) is 31.4 Å². The van der Waals surface area contributed by atoms with Gasteiger partial charge in [0.1, 0.15) is 16.2 Å². The number of carbonyl (C=O) groups excluding carboxylic acids is 1. The van der Waals surface area contributed by atoms with Crippen molar-refractivity contribution < 1.29 is 35.5 Å². The Labute approximate surface area is 145 Å². The average molecular weight is 392 g/mol. The highest BCUT2D eigenvalue weighted by atomic mass is 32.2. The Morgan fingerprint density at radius 1 is 1.04 bits per heavy atom. The molecule has 6 nitrogen and oxygen atoms in total. The molecule has 0 atom stereocenters. The average Bonchev–Trinajstić information content (AvgIpc) is 2.61. The first kappa shape index (κ1) is 19.7. The van der Waals surface area contributed by atoms with E-state index < -0.39 is 56.2 Å². The van der Waals surface area contributed by atoms with Crippen LogP contribution < -0.4 is 15.2 Å². The highest BCUT2D eigenvalue weighted by molar-refractivity contribution is 7.89. The van der Waals surface area contributed by atoms with Gasteiger partial charge in [0.05, 0.1) is 7.11 Å². The molecule has 2 aromatic rings. The van der Waals surface area contributed by atoms with E-state index in [1.807, 2.05) is 4.72 Å². The van der Waals surface area contributed by atoms with Crippen LogP contribution in [0.5, 0.6) is 5.75 Å². The molecule has 2 rings (SSSR count). The van der Waals surface area contributed by atoms with Crippen molar-refractivity contribution in [2.75, 3.05) is 7.11 Å². The van der Waals surface area contributed by atoms with E-state index >= 15 is 0 Å². The third-order valence-electron chi connectivity index (χ3n) is 3.36. The fourth-order valence-electron chi connectivity index (χ4n) is 2.08. The van der Waals surface area contributed by atoms with Gasteiger partial charge in [0.15, 0.2) is 23.3 Å². The van der Waals surface area contributed by atoms with Crippen molar-refractivity contribution in [2.45, 2.75) is 11.4 Å². The number of hydrogen-bond donors (Lipinski definition) is 2. The summed E-state index contributed by atoms with van der Waals surface area (Å²) in [6.45, 7) is -0.412. The molecule has 0 aliphatic heterocycles. The van der Waals surface area contributed by atoms with Crippen LogP contribution in [-0.2, 0) is 16.6 Å². The van der Waals surface area contributed by atoms with Crippen LogP contribution in [0.3, 0.4) is 0 Å². The number of ether oxygens (including phenoxy) is 1. The van der Waals surface area contributed by atoms with Gasteiger partial charge < -0.3 is 10.5 Å². The standard InChI is InChI=1S/C15H12F4N2O4S/c1-25-8-4-2-7(3-5-8)6-21-26(23,24)14-9(15(20)22)10(16)11(17)12(18)13(14)19/h2-5,21H,6H2,1H3,(H2,20,22). The summed E-state index contributed by atoms with van der Waals surface area (Å²) in [5.41, 5.74) is 3.58. The Kier molecular flexibility index (Phi) is 5.52. The first-order chi connectivity index (χ1) is 12.1. The van der Waals surface area contributed by atoms with E-state index in [4.69, 9.17) is 10.5 Å². The fraction of sp³-hybridized carbons (Fsp3) is 0.133. The topological polar surface area (TPSA) is 98.5 Å². The molecule has 0 unspecified atom stereocenters. The van der Waals surface area contributed by atoms with Crippen LogP contribution in [-0.4, -0.2) is 21.4 Å². The molecule has 2 aromatic carbocycles. The number of amides is 1. The van der Waals surface area contributed by atoms with Crippen molar-refractivity contribution in [1.82, 2.24) is 4.72 Å². The summed E-state index contributed by atoms with van der Waals surface area (Å²) in [6.07, 6.45) is 0. The maximum absolute atomic E-state index is 14.0. The van der Waals surface area contributed by atoms with Gasteiger partial charge in [0.2, 0.25) is 10.0 Å². The van der Waals surface area contributed by atoms with E-state index in [0.29, 0.717) is 11.3 Å². The van der Waals surface area contributed by atoms with Crippen molar-refractivity contribution >= 4 is 15.9 Å². The minimum Gasteiger partial charge on any atom is -0.497 e. The number of nitrogens with two attached hydrogens (primary N) is 1. The fourth-order valence-corrected chi connectivity index (χ4v) is 3.36. The van der Waals surface area contributed by atoms with E-state index in [-0.39, 0.29) is 0 Å². The first-order valence-electron chi connectivity index (χ1n) is 6.88. The third kappa shape index (κ3) is 3.63. The zero-order valence-corrected chi connectivity index (χ0v) is 14.0. The molecule has 3 N–H and O–H groups in total. The van der Waals surface area contributed by atoms with Gasteiger partial charge >= 0.3 is 0 Å². The lowest BCUT2D eigenvalue weighted by Gasteiger charge is -2.13. The smallest absolute Gasteiger partial charge is 0.253 e. The maximum Gasteiger partial charge on any atom is 0.253 e. The lowest BCUT2D eigenvalue weighted by molar-refractivity contribution is 0.0990. The number of primary amides is 1. The normalized spacial score (nSPS) is 11.4. The van der Waals surface area contributed by atoms with Gasteiger partial charge in [-0.3, -0.25) is 4.79 Å². The number of hydrogen-bond acceptors (Lipinski definition) is 4. The summed E-state index contributed by atoms with van der Waals surface area (Å²) in [5, 5.41) is 0. The largest absolute Gasteiger partial charge is 0.497 e. The molecule has 0 bridgehead atoms. The number of halogens is 4. The third-order valence-corrected chi connectivity index (χ3v) is 4.81. The molecule has 11 heteroatoms. The monoisotopic (exact) mass is 392 g/mol. The lowest BCUT2D eigenvalue weighted by Crippen LogP contribution is -2.29. The van der Waals surface area contributed by atoms with Crippen molar-refractivity contribution in [3.8, 4) is 5.75 Å². The van der Waals surface area contributed by atoms with Crippen molar-refractivity contribution in [1.29, 1.82) is 0 Å². The van der Waals surface area contributed by atoms with E-state index in [0.717, 1.165) is 0 Å².